The van der Waals surface area contributed by atoms with Crippen LogP contribution in [-0.4, -0.2) is 53.5 Å². The van der Waals surface area contributed by atoms with Gasteiger partial charge in [-0.25, -0.2) is 4.98 Å². The van der Waals surface area contributed by atoms with E-state index in [1.54, 1.807) is 12.4 Å². The molecule has 1 N–H and O–H groups in total. The van der Waals surface area contributed by atoms with E-state index in [-0.39, 0.29) is 12.1 Å². The van der Waals surface area contributed by atoms with Crippen molar-refractivity contribution >= 4 is 17.8 Å². The average molecular weight is 309 g/mol. The van der Waals surface area contributed by atoms with Crippen molar-refractivity contribution in [2.24, 2.45) is 0 Å². The molecule has 2 aliphatic rings. The molecule has 0 saturated carbocycles. The van der Waals surface area contributed by atoms with E-state index in [0.29, 0.717) is 0 Å². The van der Waals surface area contributed by atoms with Crippen LogP contribution in [0.15, 0.2) is 42.9 Å². The van der Waals surface area contributed by atoms with Crippen LogP contribution in [-0.2, 0) is 4.79 Å². The van der Waals surface area contributed by atoms with Crippen LogP contribution < -0.4 is 10.2 Å². The molecule has 118 valence electrons. The Balaban J connectivity index is 1.82. The zero-order valence-electron chi connectivity index (χ0n) is 12.8. The Bertz CT molecular complexity index is 686. The summed E-state index contributed by atoms with van der Waals surface area (Å²) in [7, 11) is 0. The third-order valence-corrected chi connectivity index (χ3v) is 4.59. The van der Waals surface area contributed by atoms with E-state index in [2.05, 4.69) is 25.1 Å². The van der Waals surface area contributed by atoms with Gasteiger partial charge < -0.3 is 15.0 Å². The molecule has 4 rings (SSSR count). The summed E-state index contributed by atoms with van der Waals surface area (Å²) >= 11 is 0. The zero-order chi connectivity index (χ0) is 15.6. The van der Waals surface area contributed by atoms with Crippen molar-refractivity contribution in [3.05, 3.63) is 48.4 Å². The van der Waals surface area contributed by atoms with Crippen molar-refractivity contribution in [2.75, 3.05) is 31.1 Å². The molecular formula is C17H19N5O. The van der Waals surface area contributed by atoms with E-state index < -0.39 is 0 Å². The fourth-order valence-corrected chi connectivity index (χ4v) is 3.57. The number of fused-ring (bicyclic) bond motifs is 1. The molecule has 1 saturated heterocycles. The number of nitrogens with zero attached hydrogens (tertiary/aromatic N) is 4. The number of rotatable bonds is 3. The molecule has 0 aliphatic carbocycles. The van der Waals surface area contributed by atoms with Crippen LogP contribution >= 0.6 is 0 Å². The Morgan fingerprint density at radius 3 is 2.74 bits per heavy atom. The van der Waals surface area contributed by atoms with Crippen LogP contribution in [0.5, 0.6) is 0 Å². The van der Waals surface area contributed by atoms with Gasteiger partial charge in [0.15, 0.2) is 0 Å². The van der Waals surface area contributed by atoms with Crippen molar-refractivity contribution in [1.82, 2.24) is 20.2 Å². The number of nitrogens with one attached hydrogen (secondary N) is 1. The highest BCUT2D eigenvalue weighted by molar-refractivity contribution is 5.78. The quantitative estimate of drug-likeness (QED) is 0.858. The number of pyridine rings is 2. The summed E-state index contributed by atoms with van der Waals surface area (Å²) in [6.07, 6.45) is 6.40. The lowest BCUT2D eigenvalue weighted by Gasteiger charge is -2.39. The summed E-state index contributed by atoms with van der Waals surface area (Å²) in [6, 6.07) is 7.85. The van der Waals surface area contributed by atoms with Crippen LogP contribution in [0.3, 0.4) is 0 Å². The molecule has 6 heteroatoms. The summed E-state index contributed by atoms with van der Waals surface area (Å²) in [5.74, 6) is 0.665. The highest BCUT2D eigenvalue weighted by atomic mass is 16.1. The number of piperazine rings is 1. The predicted molar refractivity (Wildman–Crippen MR) is 87.6 cm³/mol. The number of aromatic nitrogens is 2. The molecule has 2 aromatic rings. The molecule has 0 bridgehead atoms. The summed E-state index contributed by atoms with van der Waals surface area (Å²) < 4.78 is 0. The van der Waals surface area contributed by atoms with Crippen LogP contribution in [0.2, 0.25) is 0 Å². The van der Waals surface area contributed by atoms with Gasteiger partial charge in [0.1, 0.15) is 18.3 Å². The SMILES string of the molecule is O=CC1c2cccnc2N(c2cccnc2)C1N1CCNCC1. The van der Waals surface area contributed by atoms with E-state index in [1.165, 1.54) is 0 Å². The van der Waals surface area contributed by atoms with Crippen LogP contribution in [0.4, 0.5) is 11.5 Å². The first-order valence-corrected chi connectivity index (χ1v) is 7.94. The molecule has 1 fully saturated rings. The lowest BCUT2D eigenvalue weighted by Crippen LogP contribution is -2.54. The number of carbonyl (C=O) groups is 1. The molecule has 0 radical (unpaired) electrons. The Morgan fingerprint density at radius 1 is 1.17 bits per heavy atom. The van der Waals surface area contributed by atoms with Crippen LogP contribution in [0, 0.1) is 0 Å². The number of aldehydes is 1. The molecule has 2 aromatic heterocycles. The first-order valence-electron chi connectivity index (χ1n) is 7.94. The van der Waals surface area contributed by atoms with Gasteiger partial charge in [-0.2, -0.15) is 0 Å². The van der Waals surface area contributed by atoms with Gasteiger partial charge in [0.2, 0.25) is 0 Å². The number of hydrogen-bond donors (Lipinski definition) is 1. The monoisotopic (exact) mass is 309 g/mol. The number of hydrogen-bond acceptors (Lipinski definition) is 6. The molecular weight excluding hydrogens is 290 g/mol. The molecule has 2 atom stereocenters. The maximum atomic E-state index is 11.9. The van der Waals surface area contributed by atoms with E-state index in [9.17, 15) is 4.79 Å². The summed E-state index contributed by atoms with van der Waals surface area (Å²) in [6.45, 7) is 3.71. The van der Waals surface area contributed by atoms with Crippen molar-refractivity contribution in [3.8, 4) is 0 Å². The maximum Gasteiger partial charge on any atom is 0.138 e. The van der Waals surface area contributed by atoms with Crippen LogP contribution in [0.1, 0.15) is 11.5 Å². The fraction of sp³-hybridized carbons (Fsp3) is 0.353. The van der Waals surface area contributed by atoms with Gasteiger partial charge in [-0.1, -0.05) is 6.07 Å². The van der Waals surface area contributed by atoms with E-state index in [4.69, 9.17) is 0 Å². The second kappa shape index (κ2) is 6.06. The van der Waals surface area contributed by atoms with Gasteiger partial charge in [-0.15, -0.1) is 0 Å². The third kappa shape index (κ3) is 2.40. The highest BCUT2D eigenvalue weighted by Crippen LogP contribution is 2.44. The summed E-state index contributed by atoms with van der Waals surface area (Å²) in [5.41, 5.74) is 1.97. The molecule has 4 heterocycles. The zero-order valence-corrected chi connectivity index (χ0v) is 12.8. The Morgan fingerprint density at radius 2 is 2.00 bits per heavy atom. The average Bonchev–Trinajstić information content (AvgIpc) is 2.97. The molecule has 2 aliphatic heterocycles. The normalized spacial score (nSPS) is 24.4. The molecule has 0 spiro atoms. The summed E-state index contributed by atoms with van der Waals surface area (Å²) in [4.78, 5) is 25.2. The number of anilines is 2. The van der Waals surface area contributed by atoms with Gasteiger partial charge in [-0.3, -0.25) is 9.88 Å². The van der Waals surface area contributed by atoms with E-state index in [1.807, 2.05) is 30.5 Å². The lowest BCUT2D eigenvalue weighted by molar-refractivity contribution is -0.110. The van der Waals surface area contributed by atoms with Gasteiger partial charge in [0.25, 0.3) is 0 Å². The first kappa shape index (κ1) is 14.3. The van der Waals surface area contributed by atoms with E-state index in [0.717, 1.165) is 49.5 Å². The highest BCUT2D eigenvalue weighted by Gasteiger charge is 2.43. The lowest BCUT2D eigenvalue weighted by atomic mass is 10.0. The van der Waals surface area contributed by atoms with Gasteiger partial charge >= 0.3 is 0 Å². The molecule has 6 nitrogen and oxygen atoms in total. The Hall–Kier alpha value is -2.31. The largest absolute Gasteiger partial charge is 0.314 e. The van der Waals surface area contributed by atoms with Crippen molar-refractivity contribution < 1.29 is 4.79 Å². The van der Waals surface area contributed by atoms with Gasteiger partial charge in [-0.05, 0) is 18.2 Å². The molecule has 0 aromatic carbocycles. The van der Waals surface area contributed by atoms with Crippen molar-refractivity contribution in [1.29, 1.82) is 0 Å². The fourth-order valence-electron chi connectivity index (χ4n) is 3.57. The Labute approximate surface area is 135 Å². The predicted octanol–water partition coefficient (Wildman–Crippen LogP) is 1.14. The van der Waals surface area contributed by atoms with Gasteiger partial charge in [0.05, 0.1) is 17.8 Å². The van der Waals surface area contributed by atoms with Crippen LogP contribution in [0.25, 0.3) is 0 Å². The van der Waals surface area contributed by atoms with E-state index >= 15 is 0 Å². The van der Waals surface area contributed by atoms with Gasteiger partial charge in [0, 0.05) is 44.1 Å². The number of carbonyl (C=O) groups excluding carboxylic acids is 1. The minimum absolute atomic E-state index is 0.0382. The molecule has 2 unspecified atom stereocenters. The molecule has 0 amide bonds. The third-order valence-electron chi connectivity index (χ3n) is 4.59. The summed E-state index contributed by atoms with van der Waals surface area (Å²) in [5, 5.41) is 3.37. The maximum absolute atomic E-state index is 11.9. The second-order valence-electron chi connectivity index (χ2n) is 5.86. The second-order valence-corrected chi connectivity index (χ2v) is 5.86. The topological polar surface area (TPSA) is 61.4 Å². The van der Waals surface area contributed by atoms with Crippen molar-refractivity contribution in [3.63, 3.8) is 0 Å². The minimum Gasteiger partial charge on any atom is -0.314 e. The Kier molecular flexibility index (Phi) is 3.77. The minimum atomic E-state index is -0.197. The smallest absolute Gasteiger partial charge is 0.138 e. The van der Waals surface area contributed by atoms with Crippen molar-refractivity contribution in [2.45, 2.75) is 12.1 Å². The molecule has 23 heavy (non-hydrogen) atoms. The standard InChI is InChI=1S/C17H19N5O/c23-12-15-14-4-2-6-20-16(14)22(13-3-1-5-19-11-13)17(15)21-9-7-18-8-10-21/h1-6,11-12,15,17-18H,7-10H2. The first-order chi connectivity index (χ1) is 11.4.